The fourth-order valence-corrected chi connectivity index (χ4v) is 2.77. The summed E-state index contributed by atoms with van der Waals surface area (Å²) < 4.78 is 62.7. The Hall–Kier alpha value is -1.68. The minimum Gasteiger partial charge on any atom is -0.480 e. The molecule has 1 heterocycles. The van der Waals surface area contributed by atoms with Gasteiger partial charge < -0.3 is 5.11 Å². The molecule has 0 fully saturated rings. The molecule has 0 unspecified atom stereocenters. The number of carbonyl (C=O) groups is 1. The molecule has 0 spiro atoms. The molecule has 1 rings (SSSR count). The van der Waals surface area contributed by atoms with Gasteiger partial charge in [0.25, 0.3) is 0 Å². The van der Waals surface area contributed by atoms with Crippen molar-refractivity contribution in [1.82, 2.24) is 9.29 Å². The van der Waals surface area contributed by atoms with Crippen LogP contribution in [0.3, 0.4) is 0 Å². The van der Waals surface area contributed by atoms with Crippen LogP contribution in [-0.2, 0) is 21.0 Å². The van der Waals surface area contributed by atoms with Gasteiger partial charge in [-0.25, -0.2) is 8.42 Å². The monoisotopic (exact) mass is 326 g/mol. The van der Waals surface area contributed by atoms with Gasteiger partial charge in [-0.05, 0) is 19.9 Å². The summed E-state index contributed by atoms with van der Waals surface area (Å²) in [6, 6.07) is 0.413. The van der Waals surface area contributed by atoms with E-state index in [2.05, 4.69) is 4.98 Å². The Bertz CT molecular complexity index is 656. The van der Waals surface area contributed by atoms with Gasteiger partial charge in [-0.1, -0.05) is 0 Å². The van der Waals surface area contributed by atoms with Crippen LogP contribution >= 0.6 is 0 Å². The Kier molecular flexibility index (Phi) is 4.35. The van der Waals surface area contributed by atoms with E-state index in [4.69, 9.17) is 5.11 Å². The first kappa shape index (κ1) is 17.4. The van der Waals surface area contributed by atoms with E-state index in [0.29, 0.717) is 16.6 Å². The van der Waals surface area contributed by atoms with Gasteiger partial charge in [0, 0.05) is 19.4 Å². The number of halogens is 3. The molecule has 0 saturated heterocycles. The van der Waals surface area contributed by atoms with Crippen LogP contribution in [0.5, 0.6) is 0 Å². The molecule has 0 saturated carbocycles. The van der Waals surface area contributed by atoms with Gasteiger partial charge in [-0.15, -0.1) is 0 Å². The van der Waals surface area contributed by atoms with Crippen molar-refractivity contribution in [2.75, 3.05) is 7.05 Å². The fourth-order valence-electron chi connectivity index (χ4n) is 1.31. The number of carboxylic acids is 1. The number of nitrogens with zero attached hydrogens (tertiary/aromatic N) is 2. The summed E-state index contributed by atoms with van der Waals surface area (Å²) in [5, 5.41) is 9.00. The van der Waals surface area contributed by atoms with Crippen LogP contribution in [-0.4, -0.2) is 41.4 Å². The summed E-state index contributed by atoms with van der Waals surface area (Å²) in [5.41, 5.74) is -3.06. The van der Waals surface area contributed by atoms with Gasteiger partial charge in [-0.2, -0.15) is 17.5 Å². The van der Waals surface area contributed by atoms with Crippen molar-refractivity contribution in [3.8, 4) is 0 Å². The summed E-state index contributed by atoms with van der Waals surface area (Å²) in [6.07, 6.45) is -3.53. The number of rotatable bonds is 4. The van der Waals surface area contributed by atoms with Crippen molar-refractivity contribution in [3.63, 3.8) is 0 Å². The molecule has 1 aromatic heterocycles. The molecule has 0 bridgehead atoms. The molecule has 0 aromatic carbocycles. The lowest BCUT2D eigenvalue weighted by Crippen LogP contribution is -2.50. The number of hydrogen-bond acceptors (Lipinski definition) is 4. The minimum atomic E-state index is -4.75. The third kappa shape index (κ3) is 3.32. The maximum absolute atomic E-state index is 12.6. The maximum atomic E-state index is 12.6. The van der Waals surface area contributed by atoms with Crippen LogP contribution in [0.2, 0.25) is 0 Å². The van der Waals surface area contributed by atoms with Crippen molar-refractivity contribution in [3.05, 3.63) is 24.0 Å². The van der Waals surface area contributed by atoms with E-state index < -0.39 is 38.2 Å². The van der Waals surface area contributed by atoms with E-state index in [1.807, 2.05) is 0 Å². The second-order valence-electron chi connectivity index (χ2n) is 4.74. The quantitative estimate of drug-likeness (QED) is 0.908. The standard InChI is InChI=1S/C11H13F3N2O4S/c1-10(2,9(17)18)16(3)21(19,20)8-4-7(5-15-6-8)11(12,13)14/h4-6H,1-3H3,(H,17,18). The van der Waals surface area contributed by atoms with Crippen LogP contribution in [0.25, 0.3) is 0 Å². The first-order chi connectivity index (χ1) is 9.31. The van der Waals surface area contributed by atoms with E-state index in [1.165, 1.54) is 0 Å². The zero-order chi connectivity index (χ0) is 16.6. The van der Waals surface area contributed by atoms with Crippen LogP contribution in [0.1, 0.15) is 19.4 Å². The molecular weight excluding hydrogens is 313 g/mol. The van der Waals surface area contributed by atoms with E-state index in [1.54, 1.807) is 0 Å². The summed E-state index contributed by atoms with van der Waals surface area (Å²) in [6.45, 7) is 2.24. The van der Waals surface area contributed by atoms with Gasteiger partial charge in [0.2, 0.25) is 10.0 Å². The summed E-state index contributed by atoms with van der Waals surface area (Å²) in [4.78, 5) is 13.6. The average molecular weight is 326 g/mol. The molecule has 0 amide bonds. The van der Waals surface area contributed by atoms with Crippen LogP contribution in [0.4, 0.5) is 13.2 Å². The van der Waals surface area contributed by atoms with Crippen molar-refractivity contribution < 1.29 is 31.5 Å². The summed E-state index contributed by atoms with van der Waals surface area (Å²) >= 11 is 0. The van der Waals surface area contributed by atoms with Gasteiger partial charge in [0.15, 0.2) is 0 Å². The van der Waals surface area contributed by atoms with Crippen LogP contribution in [0.15, 0.2) is 23.4 Å². The molecule has 0 aliphatic heterocycles. The Morgan fingerprint density at radius 1 is 1.29 bits per heavy atom. The summed E-state index contributed by atoms with van der Waals surface area (Å²) in [5.74, 6) is -1.44. The average Bonchev–Trinajstić information content (AvgIpc) is 2.36. The zero-order valence-electron chi connectivity index (χ0n) is 11.3. The highest BCUT2D eigenvalue weighted by atomic mass is 32.2. The lowest BCUT2D eigenvalue weighted by atomic mass is 10.1. The van der Waals surface area contributed by atoms with Crippen LogP contribution < -0.4 is 0 Å². The number of likely N-dealkylation sites (N-methyl/N-ethyl adjacent to an activating group) is 1. The van der Waals surface area contributed by atoms with Gasteiger partial charge in [0.05, 0.1) is 5.56 Å². The zero-order valence-corrected chi connectivity index (χ0v) is 12.2. The molecular formula is C11H13F3N2O4S. The molecule has 0 aliphatic rings. The van der Waals surface area contributed by atoms with E-state index in [9.17, 15) is 26.4 Å². The topological polar surface area (TPSA) is 87.6 Å². The number of carboxylic acid groups (broad SMARTS) is 1. The van der Waals surface area contributed by atoms with Gasteiger partial charge >= 0.3 is 12.1 Å². The third-order valence-electron chi connectivity index (χ3n) is 3.01. The number of alkyl halides is 3. The first-order valence-corrected chi connectivity index (χ1v) is 7.00. The van der Waals surface area contributed by atoms with Crippen molar-refractivity contribution in [2.45, 2.75) is 30.5 Å². The predicted octanol–water partition coefficient (Wildman–Crippen LogP) is 1.58. The molecule has 21 heavy (non-hydrogen) atoms. The number of pyridine rings is 1. The number of hydrogen-bond donors (Lipinski definition) is 1. The SMILES string of the molecule is CN(C(C)(C)C(=O)O)S(=O)(=O)c1cncc(C(F)(F)F)c1. The third-order valence-corrected chi connectivity index (χ3v) is 5.01. The van der Waals surface area contributed by atoms with Crippen molar-refractivity contribution in [1.29, 1.82) is 0 Å². The lowest BCUT2D eigenvalue weighted by Gasteiger charge is -2.30. The Balaban J connectivity index is 3.36. The fraction of sp³-hybridized carbons (Fsp3) is 0.455. The molecule has 10 heteroatoms. The molecule has 0 aliphatic carbocycles. The minimum absolute atomic E-state index is 0.413. The lowest BCUT2D eigenvalue weighted by molar-refractivity contribution is -0.146. The maximum Gasteiger partial charge on any atom is 0.417 e. The largest absolute Gasteiger partial charge is 0.480 e. The second kappa shape index (κ2) is 5.26. The molecule has 118 valence electrons. The molecule has 0 radical (unpaired) electrons. The smallest absolute Gasteiger partial charge is 0.417 e. The highest BCUT2D eigenvalue weighted by Crippen LogP contribution is 2.31. The molecule has 1 N–H and O–H groups in total. The van der Waals surface area contributed by atoms with Gasteiger partial charge in [0.1, 0.15) is 10.4 Å². The number of sulfonamides is 1. The van der Waals surface area contributed by atoms with Crippen molar-refractivity contribution in [2.24, 2.45) is 0 Å². The normalized spacial score (nSPS) is 13.5. The predicted molar refractivity (Wildman–Crippen MR) is 65.9 cm³/mol. The number of aromatic nitrogens is 1. The molecule has 6 nitrogen and oxygen atoms in total. The Labute approximate surface area is 119 Å². The molecule has 0 atom stereocenters. The van der Waals surface area contributed by atoms with E-state index in [-0.39, 0.29) is 0 Å². The summed E-state index contributed by atoms with van der Waals surface area (Å²) in [7, 11) is -3.46. The Morgan fingerprint density at radius 2 is 1.81 bits per heavy atom. The van der Waals surface area contributed by atoms with E-state index in [0.717, 1.165) is 27.1 Å². The van der Waals surface area contributed by atoms with Crippen molar-refractivity contribution >= 4 is 16.0 Å². The molecule has 1 aromatic rings. The highest BCUT2D eigenvalue weighted by Gasteiger charge is 2.41. The number of aliphatic carboxylic acids is 1. The van der Waals surface area contributed by atoms with Crippen LogP contribution in [0, 0.1) is 0 Å². The Morgan fingerprint density at radius 3 is 2.24 bits per heavy atom. The second-order valence-corrected chi connectivity index (χ2v) is 6.71. The first-order valence-electron chi connectivity index (χ1n) is 5.56. The highest BCUT2D eigenvalue weighted by molar-refractivity contribution is 7.89. The van der Waals surface area contributed by atoms with Gasteiger partial charge in [-0.3, -0.25) is 9.78 Å². The van der Waals surface area contributed by atoms with E-state index >= 15 is 0 Å².